The van der Waals surface area contributed by atoms with Crippen molar-refractivity contribution in [2.75, 3.05) is 0 Å². The third-order valence-electron chi connectivity index (χ3n) is 2.95. The lowest BCUT2D eigenvalue weighted by atomic mass is 10.2. The standard InChI is InChI=1S/C15H12F3NO2/c1-10(14(20)21)9-13-3-2-8-19(13)12-6-4-11(5-7-12)15(16,17)18/h2-9H,1H3,(H,20,21)/b10-9+. The average molecular weight is 295 g/mol. The van der Waals surface area contributed by atoms with Crippen LogP contribution in [0.5, 0.6) is 0 Å². The molecule has 1 aromatic heterocycles. The van der Waals surface area contributed by atoms with Crippen LogP contribution < -0.4 is 0 Å². The number of benzene rings is 1. The number of carbonyl (C=O) groups is 1. The van der Waals surface area contributed by atoms with Gasteiger partial charge >= 0.3 is 12.1 Å². The van der Waals surface area contributed by atoms with Gasteiger partial charge in [0, 0.05) is 23.2 Å². The summed E-state index contributed by atoms with van der Waals surface area (Å²) in [4.78, 5) is 10.8. The molecule has 0 bridgehead atoms. The van der Waals surface area contributed by atoms with E-state index < -0.39 is 17.7 Å². The molecule has 0 aliphatic heterocycles. The Labute approximate surface area is 118 Å². The Morgan fingerprint density at radius 2 is 1.81 bits per heavy atom. The Bertz CT molecular complexity index is 682. The number of carboxylic acid groups (broad SMARTS) is 1. The lowest BCUT2D eigenvalue weighted by Gasteiger charge is -2.10. The van der Waals surface area contributed by atoms with E-state index in [0.717, 1.165) is 12.1 Å². The van der Waals surface area contributed by atoms with E-state index in [1.807, 2.05) is 0 Å². The maximum atomic E-state index is 12.5. The van der Waals surface area contributed by atoms with Crippen LogP contribution in [0.15, 0.2) is 48.2 Å². The number of nitrogens with zero attached hydrogens (tertiary/aromatic N) is 1. The molecule has 6 heteroatoms. The molecular formula is C15H12F3NO2. The molecule has 1 aromatic carbocycles. The second kappa shape index (κ2) is 5.47. The minimum Gasteiger partial charge on any atom is -0.478 e. The summed E-state index contributed by atoms with van der Waals surface area (Å²) >= 11 is 0. The van der Waals surface area contributed by atoms with Gasteiger partial charge in [-0.05, 0) is 49.4 Å². The van der Waals surface area contributed by atoms with Crippen molar-refractivity contribution in [2.24, 2.45) is 0 Å². The number of alkyl halides is 3. The number of hydrogen-bond donors (Lipinski definition) is 1. The molecule has 0 radical (unpaired) electrons. The van der Waals surface area contributed by atoms with Crippen LogP contribution >= 0.6 is 0 Å². The Kier molecular flexibility index (Phi) is 3.88. The van der Waals surface area contributed by atoms with Crippen LogP contribution in [0.4, 0.5) is 13.2 Å². The highest BCUT2D eigenvalue weighted by Gasteiger charge is 2.30. The monoisotopic (exact) mass is 295 g/mol. The first-order valence-corrected chi connectivity index (χ1v) is 6.05. The van der Waals surface area contributed by atoms with Crippen LogP contribution in [-0.2, 0) is 11.0 Å². The summed E-state index contributed by atoms with van der Waals surface area (Å²) in [6.07, 6.45) is -1.26. The average Bonchev–Trinajstić information content (AvgIpc) is 2.86. The van der Waals surface area contributed by atoms with Gasteiger partial charge in [-0.25, -0.2) is 4.79 Å². The summed E-state index contributed by atoms with van der Waals surface area (Å²) in [5.74, 6) is -1.05. The van der Waals surface area contributed by atoms with Gasteiger partial charge in [0.05, 0.1) is 5.56 Å². The van der Waals surface area contributed by atoms with Crippen LogP contribution in [0.3, 0.4) is 0 Å². The molecule has 0 atom stereocenters. The van der Waals surface area contributed by atoms with E-state index in [1.54, 1.807) is 22.9 Å². The fourth-order valence-corrected chi connectivity index (χ4v) is 1.84. The van der Waals surface area contributed by atoms with Gasteiger partial charge in [-0.3, -0.25) is 0 Å². The summed E-state index contributed by atoms with van der Waals surface area (Å²) in [5.41, 5.74) is 0.520. The topological polar surface area (TPSA) is 42.2 Å². The van der Waals surface area contributed by atoms with Gasteiger partial charge in [0.2, 0.25) is 0 Å². The quantitative estimate of drug-likeness (QED) is 0.870. The molecule has 21 heavy (non-hydrogen) atoms. The smallest absolute Gasteiger partial charge is 0.416 e. The van der Waals surface area contributed by atoms with Gasteiger partial charge in [-0.2, -0.15) is 13.2 Å². The van der Waals surface area contributed by atoms with Gasteiger partial charge in [-0.15, -0.1) is 0 Å². The van der Waals surface area contributed by atoms with Gasteiger partial charge in [0.1, 0.15) is 0 Å². The number of aliphatic carboxylic acids is 1. The van der Waals surface area contributed by atoms with Gasteiger partial charge < -0.3 is 9.67 Å². The molecular weight excluding hydrogens is 283 g/mol. The summed E-state index contributed by atoms with van der Waals surface area (Å²) in [7, 11) is 0. The first kappa shape index (κ1) is 14.9. The Balaban J connectivity index is 2.38. The number of carboxylic acids is 1. The minimum absolute atomic E-state index is 0.141. The largest absolute Gasteiger partial charge is 0.478 e. The van der Waals surface area contributed by atoms with Crippen molar-refractivity contribution in [1.29, 1.82) is 0 Å². The maximum Gasteiger partial charge on any atom is 0.416 e. The first-order valence-electron chi connectivity index (χ1n) is 6.05. The normalized spacial score (nSPS) is 12.5. The summed E-state index contributed by atoms with van der Waals surface area (Å²) in [6, 6.07) is 8.05. The molecule has 0 unspecified atom stereocenters. The van der Waals surface area contributed by atoms with Crippen molar-refractivity contribution in [2.45, 2.75) is 13.1 Å². The predicted octanol–water partition coefficient (Wildman–Crippen LogP) is 3.98. The van der Waals surface area contributed by atoms with Crippen molar-refractivity contribution < 1.29 is 23.1 Å². The third kappa shape index (κ3) is 3.34. The lowest BCUT2D eigenvalue weighted by molar-refractivity contribution is -0.137. The second-order valence-corrected chi connectivity index (χ2v) is 4.48. The van der Waals surface area contributed by atoms with Crippen LogP contribution in [0.25, 0.3) is 11.8 Å². The maximum absolute atomic E-state index is 12.5. The molecule has 1 heterocycles. The van der Waals surface area contributed by atoms with Crippen molar-refractivity contribution >= 4 is 12.0 Å². The fourth-order valence-electron chi connectivity index (χ4n) is 1.84. The van der Waals surface area contributed by atoms with Crippen LogP contribution in [0.1, 0.15) is 18.2 Å². The second-order valence-electron chi connectivity index (χ2n) is 4.48. The van der Waals surface area contributed by atoms with Gasteiger partial charge in [0.25, 0.3) is 0 Å². The molecule has 0 spiro atoms. The Morgan fingerprint density at radius 1 is 1.19 bits per heavy atom. The number of hydrogen-bond acceptors (Lipinski definition) is 1. The molecule has 0 saturated carbocycles. The van der Waals surface area contributed by atoms with Gasteiger partial charge in [0.15, 0.2) is 0 Å². The lowest BCUT2D eigenvalue weighted by Crippen LogP contribution is -2.05. The molecule has 0 saturated heterocycles. The van der Waals surface area contributed by atoms with Crippen molar-refractivity contribution in [3.05, 3.63) is 59.4 Å². The molecule has 0 aliphatic rings. The number of halogens is 3. The zero-order valence-electron chi connectivity index (χ0n) is 11.1. The molecule has 0 amide bonds. The predicted molar refractivity (Wildman–Crippen MR) is 72.1 cm³/mol. The van der Waals surface area contributed by atoms with E-state index in [1.165, 1.54) is 25.1 Å². The minimum atomic E-state index is -4.38. The van der Waals surface area contributed by atoms with Crippen LogP contribution in [0, 0.1) is 0 Å². The number of rotatable bonds is 3. The van der Waals surface area contributed by atoms with E-state index in [4.69, 9.17) is 5.11 Å². The van der Waals surface area contributed by atoms with Gasteiger partial charge in [-0.1, -0.05) is 0 Å². The fraction of sp³-hybridized carbons (Fsp3) is 0.133. The van der Waals surface area contributed by atoms with Crippen molar-refractivity contribution in [3.63, 3.8) is 0 Å². The SMILES string of the molecule is C/C(=C\c1cccn1-c1ccc(C(F)(F)F)cc1)C(=O)O. The zero-order chi connectivity index (χ0) is 15.6. The highest BCUT2D eigenvalue weighted by Crippen LogP contribution is 2.29. The molecule has 1 N–H and O–H groups in total. The van der Waals surface area contributed by atoms with E-state index in [2.05, 4.69) is 0 Å². The van der Waals surface area contributed by atoms with E-state index in [-0.39, 0.29) is 5.57 Å². The van der Waals surface area contributed by atoms with Crippen molar-refractivity contribution in [1.82, 2.24) is 4.57 Å². The summed E-state index contributed by atoms with van der Waals surface area (Å²) in [5, 5.41) is 8.87. The van der Waals surface area contributed by atoms with Crippen LogP contribution in [-0.4, -0.2) is 15.6 Å². The van der Waals surface area contributed by atoms with Crippen LogP contribution in [0.2, 0.25) is 0 Å². The Hall–Kier alpha value is -2.50. The van der Waals surface area contributed by atoms with E-state index in [9.17, 15) is 18.0 Å². The van der Waals surface area contributed by atoms with E-state index >= 15 is 0 Å². The molecule has 110 valence electrons. The Morgan fingerprint density at radius 3 is 2.33 bits per heavy atom. The summed E-state index contributed by atoms with van der Waals surface area (Å²) < 4.78 is 39.2. The molecule has 2 rings (SSSR count). The molecule has 2 aromatic rings. The molecule has 0 fully saturated rings. The highest BCUT2D eigenvalue weighted by molar-refractivity contribution is 5.91. The van der Waals surface area contributed by atoms with Crippen molar-refractivity contribution in [3.8, 4) is 5.69 Å². The summed E-state index contributed by atoms with van der Waals surface area (Å²) in [6.45, 7) is 1.45. The molecule has 3 nitrogen and oxygen atoms in total. The highest BCUT2D eigenvalue weighted by atomic mass is 19.4. The van der Waals surface area contributed by atoms with E-state index in [0.29, 0.717) is 11.4 Å². The first-order chi connectivity index (χ1) is 9.79. The molecule has 0 aliphatic carbocycles. The third-order valence-corrected chi connectivity index (χ3v) is 2.95. The zero-order valence-corrected chi connectivity index (χ0v) is 11.1. The number of aromatic nitrogens is 1.